The van der Waals surface area contributed by atoms with Crippen LogP contribution in [-0.2, 0) is 19.6 Å². The second-order valence-electron chi connectivity index (χ2n) is 11.4. The number of aliphatic hydroxyl groups excluding tert-OH is 1. The molecule has 3 aromatic heterocycles. The zero-order valence-corrected chi connectivity index (χ0v) is 24.9. The van der Waals surface area contributed by atoms with Crippen molar-refractivity contribution in [2.75, 3.05) is 18.4 Å². The van der Waals surface area contributed by atoms with Crippen LogP contribution in [0.25, 0.3) is 32.6 Å². The lowest BCUT2D eigenvalue weighted by molar-refractivity contribution is 0.145. The Morgan fingerprint density at radius 3 is 2.60 bits per heavy atom. The van der Waals surface area contributed by atoms with Gasteiger partial charge in [-0.3, -0.25) is 14.8 Å². The van der Waals surface area contributed by atoms with Crippen LogP contribution in [0.4, 0.5) is 16.3 Å². The van der Waals surface area contributed by atoms with E-state index < -0.39 is 6.09 Å². The number of fused-ring (bicyclic) bond motifs is 2. The molecule has 2 aliphatic rings. The number of rotatable bonds is 6. The Bertz CT molecular complexity index is 1850. The molecule has 2 aromatic carbocycles. The molecule has 1 amide bonds. The number of nitrogens with zero attached hydrogens (tertiary/aromatic N) is 5. The summed E-state index contributed by atoms with van der Waals surface area (Å²) in [7, 11) is 0. The molecule has 9 nitrogen and oxygen atoms in total. The van der Waals surface area contributed by atoms with Gasteiger partial charge in [0.2, 0.25) is 0 Å². The SMILES string of the molecule is Cc1c(Nc2nccc3cc(CN4CCC(O)C4)cnc23)cccc1-c1cccc(-c2nc3c(s2)CN(C(=O)O)C3)c1C. The van der Waals surface area contributed by atoms with Gasteiger partial charge in [-0.15, -0.1) is 11.3 Å². The number of hydrogen-bond donors (Lipinski definition) is 3. The molecule has 0 spiro atoms. The molecule has 1 atom stereocenters. The summed E-state index contributed by atoms with van der Waals surface area (Å²) >= 11 is 1.58. The van der Waals surface area contributed by atoms with Crippen molar-refractivity contribution in [1.29, 1.82) is 0 Å². The zero-order chi connectivity index (χ0) is 29.7. The molecule has 3 N–H and O–H groups in total. The van der Waals surface area contributed by atoms with Gasteiger partial charge in [0.1, 0.15) is 10.5 Å². The minimum atomic E-state index is -0.910. The third kappa shape index (κ3) is 5.22. The Hall–Kier alpha value is -4.38. The average Bonchev–Trinajstić information content (AvgIpc) is 3.70. The van der Waals surface area contributed by atoms with E-state index in [0.29, 0.717) is 25.5 Å². The first kappa shape index (κ1) is 27.5. The molecule has 10 heteroatoms. The maximum absolute atomic E-state index is 11.4. The fourth-order valence-corrected chi connectivity index (χ4v) is 7.31. The van der Waals surface area contributed by atoms with E-state index in [9.17, 15) is 15.0 Å². The van der Waals surface area contributed by atoms with Crippen molar-refractivity contribution in [3.05, 3.63) is 88.2 Å². The smallest absolute Gasteiger partial charge is 0.407 e. The summed E-state index contributed by atoms with van der Waals surface area (Å²) in [5.74, 6) is 0.707. The number of amides is 1. The molecule has 7 rings (SSSR count). The largest absolute Gasteiger partial charge is 0.465 e. The number of pyridine rings is 2. The summed E-state index contributed by atoms with van der Waals surface area (Å²) in [4.78, 5) is 30.3. The first-order chi connectivity index (χ1) is 20.8. The van der Waals surface area contributed by atoms with E-state index in [-0.39, 0.29) is 6.10 Å². The van der Waals surface area contributed by atoms with E-state index in [1.807, 2.05) is 18.5 Å². The molecular formula is C33H32N6O3S. The fourth-order valence-electron chi connectivity index (χ4n) is 6.14. The summed E-state index contributed by atoms with van der Waals surface area (Å²) < 4.78 is 0. The molecule has 43 heavy (non-hydrogen) atoms. The second-order valence-corrected chi connectivity index (χ2v) is 12.4. The minimum absolute atomic E-state index is 0.237. The number of aliphatic hydroxyl groups is 1. The highest BCUT2D eigenvalue weighted by atomic mass is 32.1. The van der Waals surface area contributed by atoms with Gasteiger partial charge in [0, 0.05) is 53.5 Å². The highest BCUT2D eigenvalue weighted by Gasteiger charge is 2.28. The highest BCUT2D eigenvalue weighted by Crippen LogP contribution is 2.39. The van der Waals surface area contributed by atoms with Crippen LogP contribution in [0.5, 0.6) is 0 Å². The van der Waals surface area contributed by atoms with Gasteiger partial charge in [-0.25, -0.2) is 14.8 Å². The van der Waals surface area contributed by atoms with Crippen LogP contribution in [-0.4, -0.2) is 60.3 Å². The van der Waals surface area contributed by atoms with Crippen LogP contribution in [0.2, 0.25) is 0 Å². The number of thiazole rings is 1. The van der Waals surface area contributed by atoms with E-state index in [2.05, 4.69) is 71.5 Å². The van der Waals surface area contributed by atoms with Crippen molar-refractivity contribution in [3.63, 3.8) is 0 Å². The quantitative estimate of drug-likeness (QED) is 0.209. The van der Waals surface area contributed by atoms with E-state index in [1.165, 1.54) is 4.90 Å². The summed E-state index contributed by atoms with van der Waals surface area (Å²) in [6, 6.07) is 16.7. The van der Waals surface area contributed by atoms with Crippen molar-refractivity contribution in [2.45, 2.75) is 46.0 Å². The highest BCUT2D eigenvalue weighted by molar-refractivity contribution is 7.15. The van der Waals surface area contributed by atoms with Crippen molar-refractivity contribution in [2.24, 2.45) is 0 Å². The Kier molecular flexibility index (Phi) is 7.04. The molecule has 5 heterocycles. The zero-order valence-electron chi connectivity index (χ0n) is 24.0. The Labute approximate surface area is 253 Å². The predicted octanol–water partition coefficient (Wildman–Crippen LogP) is 6.34. The number of carboxylic acid groups (broad SMARTS) is 1. The number of β-amino-alcohol motifs (C(OH)–C–C–N with tert-alkyl or cyclic N) is 1. The topological polar surface area (TPSA) is 115 Å². The van der Waals surface area contributed by atoms with Crippen molar-refractivity contribution < 1.29 is 15.0 Å². The molecular weight excluding hydrogens is 560 g/mol. The van der Waals surface area contributed by atoms with Crippen molar-refractivity contribution >= 4 is 39.8 Å². The Morgan fingerprint density at radius 1 is 1.05 bits per heavy atom. The lowest BCUT2D eigenvalue weighted by Gasteiger charge is -2.17. The number of benzene rings is 2. The minimum Gasteiger partial charge on any atom is -0.465 e. The van der Waals surface area contributed by atoms with Crippen LogP contribution < -0.4 is 5.32 Å². The van der Waals surface area contributed by atoms with E-state index in [0.717, 1.165) is 85.1 Å². The normalized spacial score (nSPS) is 16.6. The predicted molar refractivity (Wildman–Crippen MR) is 168 cm³/mol. The first-order valence-corrected chi connectivity index (χ1v) is 15.2. The van der Waals surface area contributed by atoms with Crippen molar-refractivity contribution in [3.8, 4) is 21.7 Å². The van der Waals surface area contributed by atoms with Crippen molar-refractivity contribution in [1.82, 2.24) is 24.8 Å². The standard InChI is InChI=1S/C33H32N6O3S/c1-19-24(5-3-7-26(19)32-37-28-17-39(33(41)42)18-29(28)43-32)25-6-4-8-27(20(25)2)36-31-30-22(9-11-34-31)13-21(14-35-30)15-38-12-10-23(40)16-38/h3-9,11,13-14,23,40H,10,12,15-18H2,1-2H3,(H,34,36)(H,41,42). The fraction of sp³-hybridized carbons (Fsp3) is 0.273. The van der Waals surface area contributed by atoms with Gasteiger partial charge in [-0.05, 0) is 66.3 Å². The van der Waals surface area contributed by atoms with E-state index in [4.69, 9.17) is 9.97 Å². The molecule has 218 valence electrons. The van der Waals surface area contributed by atoms with Gasteiger partial charge in [-0.1, -0.05) is 30.3 Å². The van der Waals surface area contributed by atoms with Crippen LogP contribution in [0.3, 0.4) is 0 Å². The van der Waals surface area contributed by atoms with Crippen LogP contribution >= 0.6 is 11.3 Å². The summed E-state index contributed by atoms with van der Waals surface area (Å²) in [6.07, 6.45) is 3.39. The van der Waals surface area contributed by atoms with Gasteiger partial charge in [0.05, 0.1) is 24.9 Å². The number of carbonyl (C=O) groups is 1. The Balaban J connectivity index is 1.16. The molecule has 0 aliphatic carbocycles. The molecule has 1 saturated heterocycles. The molecule has 5 aromatic rings. The number of anilines is 2. The molecule has 1 fully saturated rings. The number of likely N-dealkylation sites (tertiary alicyclic amines) is 1. The first-order valence-electron chi connectivity index (χ1n) is 14.4. The van der Waals surface area contributed by atoms with Gasteiger partial charge in [0.15, 0.2) is 5.82 Å². The lowest BCUT2D eigenvalue weighted by Crippen LogP contribution is -2.22. The number of hydrogen-bond acceptors (Lipinski definition) is 8. The Morgan fingerprint density at radius 2 is 1.84 bits per heavy atom. The van der Waals surface area contributed by atoms with Crippen LogP contribution in [0.1, 0.15) is 33.7 Å². The summed E-state index contributed by atoms with van der Waals surface area (Å²) in [6.45, 7) is 7.35. The van der Waals surface area contributed by atoms with Gasteiger partial charge >= 0.3 is 6.09 Å². The second kappa shape index (κ2) is 11.0. The molecule has 0 saturated carbocycles. The molecule has 1 unspecified atom stereocenters. The number of aromatic nitrogens is 3. The average molecular weight is 593 g/mol. The maximum atomic E-state index is 11.4. The summed E-state index contributed by atoms with van der Waals surface area (Å²) in [5.41, 5.74) is 9.30. The lowest BCUT2D eigenvalue weighted by atomic mass is 9.93. The van der Waals surface area contributed by atoms with E-state index >= 15 is 0 Å². The summed E-state index contributed by atoms with van der Waals surface area (Å²) in [5, 5.41) is 24.7. The molecule has 0 bridgehead atoms. The van der Waals surface area contributed by atoms with Crippen LogP contribution in [0.15, 0.2) is 60.9 Å². The van der Waals surface area contributed by atoms with Gasteiger partial charge in [-0.2, -0.15) is 0 Å². The maximum Gasteiger partial charge on any atom is 0.407 e. The third-order valence-corrected chi connectivity index (χ3v) is 9.59. The molecule has 2 aliphatic heterocycles. The monoisotopic (exact) mass is 592 g/mol. The number of nitrogens with one attached hydrogen (secondary N) is 1. The van der Waals surface area contributed by atoms with Gasteiger partial charge < -0.3 is 15.5 Å². The van der Waals surface area contributed by atoms with Gasteiger partial charge in [0.25, 0.3) is 0 Å². The third-order valence-electron chi connectivity index (χ3n) is 8.47. The molecule has 0 radical (unpaired) electrons. The van der Waals surface area contributed by atoms with Crippen LogP contribution in [0, 0.1) is 13.8 Å². The van der Waals surface area contributed by atoms with E-state index in [1.54, 1.807) is 11.3 Å².